The molecule has 0 N–H and O–H groups in total. The fourth-order valence-electron chi connectivity index (χ4n) is 1.86. The van der Waals surface area contributed by atoms with Crippen molar-refractivity contribution in [3.05, 3.63) is 10.9 Å². The molecule has 0 aliphatic rings. The lowest BCUT2D eigenvalue weighted by Gasteiger charge is -2.20. The van der Waals surface area contributed by atoms with E-state index in [2.05, 4.69) is 42.0 Å². The zero-order chi connectivity index (χ0) is 13.1. The topological polar surface area (TPSA) is 70.6 Å². The van der Waals surface area contributed by atoms with Crippen LogP contribution in [0.2, 0.25) is 0 Å². The molecule has 0 amide bonds. The number of nitriles is 1. The van der Waals surface area contributed by atoms with Crippen LogP contribution < -0.4 is 4.90 Å². The second kappa shape index (κ2) is 5.31. The number of aromatic nitrogens is 4. The van der Waals surface area contributed by atoms with Crippen LogP contribution in [0.4, 0.5) is 5.82 Å². The van der Waals surface area contributed by atoms with Crippen LogP contribution >= 0.6 is 15.9 Å². The summed E-state index contributed by atoms with van der Waals surface area (Å²) in [7, 11) is 1.84. The molecule has 2 rings (SSSR count). The first-order valence-corrected chi connectivity index (χ1v) is 6.43. The molecule has 2 aromatic rings. The van der Waals surface area contributed by atoms with E-state index in [1.165, 1.54) is 6.33 Å². The van der Waals surface area contributed by atoms with Gasteiger partial charge in [-0.2, -0.15) is 10.4 Å². The summed E-state index contributed by atoms with van der Waals surface area (Å²) in [5.74, 6) is 0.817. The highest BCUT2D eigenvalue weighted by Crippen LogP contribution is 2.29. The minimum absolute atomic E-state index is 0.469. The zero-order valence-corrected chi connectivity index (χ0v) is 11.8. The summed E-state index contributed by atoms with van der Waals surface area (Å²) in [5, 5.41) is 13.9. The van der Waals surface area contributed by atoms with Gasteiger partial charge in [0.2, 0.25) is 0 Å². The van der Waals surface area contributed by atoms with Gasteiger partial charge < -0.3 is 4.90 Å². The van der Waals surface area contributed by atoms with E-state index in [1.807, 2.05) is 14.0 Å². The van der Waals surface area contributed by atoms with Gasteiger partial charge in [0.05, 0.1) is 17.9 Å². The van der Waals surface area contributed by atoms with Crippen LogP contribution in [0.5, 0.6) is 0 Å². The largest absolute Gasteiger partial charge is 0.355 e. The molecule has 0 unspecified atom stereocenters. The normalized spacial score (nSPS) is 10.6. The van der Waals surface area contributed by atoms with Gasteiger partial charge in [0.15, 0.2) is 5.65 Å². The predicted octanol–water partition coefficient (Wildman–Crippen LogP) is 1.87. The average molecular weight is 309 g/mol. The van der Waals surface area contributed by atoms with E-state index in [9.17, 15) is 0 Å². The van der Waals surface area contributed by atoms with Crippen LogP contribution in [-0.2, 0) is 7.05 Å². The van der Waals surface area contributed by atoms with Crippen molar-refractivity contribution in [3.63, 3.8) is 0 Å². The molecule has 94 valence electrons. The zero-order valence-electron chi connectivity index (χ0n) is 10.3. The lowest BCUT2D eigenvalue weighted by molar-refractivity contribution is 0.776. The summed E-state index contributed by atoms with van der Waals surface area (Å²) in [6.45, 7) is 3.48. The van der Waals surface area contributed by atoms with Crippen molar-refractivity contribution in [1.29, 1.82) is 5.26 Å². The third-order valence-corrected chi connectivity index (χ3v) is 3.29. The lowest BCUT2D eigenvalue weighted by atomic mass is 10.3. The van der Waals surface area contributed by atoms with Gasteiger partial charge in [0.25, 0.3) is 0 Å². The Kier molecular flexibility index (Phi) is 3.77. The SMILES string of the molecule is CCN(CCC#N)c1ncnc2c1c(Br)nn2C. The first-order chi connectivity index (χ1) is 8.69. The third-order valence-electron chi connectivity index (χ3n) is 2.73. The van der Waals surface area contributed by atoms with E-state index in [4.69, 9.17) is 5.26 Å². The molecular formula is C11H13BrN6. The van der Waals surface area contributed by atoms with E-state index in [-0.39, 0.29) is 0 Å². The molecule has 2 aromatic heterocycles. The maximum atomic E-state index is 8.69. The number of hydrogen-bond acceptors (Lipinski definition) is 5. The Hall–Kier alpha value is -1.68. The van der Waals surface area contributed by atoms with Gasteiger partial charge in [-0.1, -0.05) is 0 Å². The van der Waals surface area contributed by atoms with Crippen molar-refractivity contribution in [1.82, 2.24) is 19.7 Å². The standard InChI is InChI=1S/C11H13BrN6/c1-3-18(6-4-5-13)11-8-9(12)16-17(2)10(8)14-7-15-11/h7H,3-4,6H2,1-2H3. The lowest BCUT2D eigenvalue weighted by Crippen LogP contribution is -2.25. The molecule has 7 heteroatoms. The maximum absolute atomic E-state index is 8.69. The number of nitrogens with zero attached hydrogens (tertiary/aromatic N) is 6. The Bertz CT molecular complexity index is 599. The molecule has 0 aromatic carbocycles. The second-order valence-electron chi connectivity index (χ2n) is 3.80. The average Bonchev–Trinajstić information content (AvgIpc) is 2.67. The van der Waals surface area contributed by atoms with Gasteiger partial charge >= 0.3 is 0 Å². The fraction of sp³-hybridized carbons (Fsp3) is 0.455. The van der Waals surface area contributed by atoms with E-state index in [1.54, 1.807) is 4.68 Å². The molecule has 0 aliphatic carbocycles. The first kappa shape index (κ1) is 12.8. The molecule has 0 saturated carbocycles. The highest BCUT2D eigenvalue weighted by Gasteiger charge is 2.17. The van der Waals surface area contributed by atoms with E-state index in [0.29, 0.717) is 13.0 Å². The number of rotatable bonds is 4. The van der Waals surface area contributed by atoms with Crippen LogP contribution in [0.15, 0.2) is 10.9 Å². The van der Waals surface area contributed by atoms with Crippen molar-refractivity contribution in [2.45, 2.75) is 13.3 Å². The molecule has 6 nitrogen and oxygen atoms in total. The Balaban J connectivity index is 2.53. The highest BCUT2D eigenvalue weighted by atomic mass is 79.9. The molecule has 18 heavy (non-hydrogen) atoms. The number of aryl methyl sites for hydroxylation is 1. The summed E-state index contributed by atoms with van der Waals surface area (Å²) in [4.78, 5) is 10.6. The van der Waals surface area contributed by atoms with Crippen molar-refractivity contribution in [2.75, 3.05) is 18.0 Å². The number of fused-ring (bicyclic) bond motifs is 1. The predicted molar refractivity (Wildman–Crippen MR) is 72.1 cm³/mol. The van der Waals surface area contributed by atoms with Crippen LogP contribution in [0.1, 0.15) is 13.3 Å². The fourth-order valence-corrected chi connectivity index (χ4v) is 2.46. The van der Waals surface area contributed by atoms with Gasteiger partial charge in [-0.15, -0.1) is 0 Å². The Morgan fingerprint density at radius 2 is 2.28 bits per heavy atom. The summed E-state index contributed by atoms with van der Waals surface area (Å²) in [6.07, 6.45) is 2.00. The molecule has 0 fully saturated rings. The van der Waals surface area contributed by atoms with Crippen molar-refractivity contribution >= 4 is 32.8 Å². The molecule has 0 bridgehead atoms. The van der Waals surface area contributed by atoms with Crippen molar-refractivity contribution < 1.29 is 0 Å². The molecule has 0 saturated heterocycles. The summed E-state index contributed by atoms with van der Waals surface area (Å²) < 4.78 is 2.44. The maximum Gasteiger partial charge on any atom is 0.164 e. The first-order valence-electron chi connectivity index (χ1n) is 5.64. The van der Waals surface area contributed by atoms with Crippen molar-refractivity contribution in [3.8, 4) is 6.07 Å². The Labute approximate surface area is 113 Å². The second-order valence-corrected chi connectivity index (χ2v) is 4.55. The van der Waals surface area contributed by atoms with Gasteiger partial charge in [-0.3, -0.25) is 0 Å². The van der Waals surface area contributed by atoms with Gasteiger partial charge in [-0.05, 0) is 22.9 Å². The van der Waals surface area contributed by atoms with Crippen LogP contribution in [0.25, 0.3) is 11.0 Å². The van der Waals surface area contributed by atoms with E-state index in [0.717, 1.165) is 28.0 Å². The minimum atomic E-state index is 0.469. The third kappa shape index (κ3) is 2.16. The van der Waals surface area contributed by atoms with E-state index < -0.39 is 0 Å². The quantitative estimate of drug-likeness (QED) is 0.862. The number of anilines is 1. The highest BCUT2D eigenvalue weighted by molar-refractivity contribution is 9.10. The molecule has 0 atom stereocenters. The summed E-state index contributed by atoms with van der Waals surface area (Å²) >= 11 is 3.43. The summed E-state index contributed by atoms with van der Waals surface area (Å²) in [5.41, 5.74) is 0.780. The van der Waals surface area contributed by atoms with E-state index >= 15 is 0 Å². The molecule has 2 heterocycles. The Morgan fingerprint density at radius 1 is 1.50 bits per heavy atom. The molecular weight excluding hydrogens is 296 g/mol. The Morgan fingerprint density at radius 3 is 2.94 bits per heavy atom. The van der Waals surface area contributed by atoms with Crippen LogP contribution in [0.3, 0.4) is 0 Å². The van der Waals surface area contributed by atoms with Gasteiger partial charge in [-0.25, -0.2) is 14.6 Å². The van der Waals surface area contributed by atoms with Crippen LogP contribution in [0, 0.1) is 11.3 Å². The monoisotopic (exact) mass is 308 g/mol. The van der Waals surface area contributed by atoms with Gasteiger partial charge in [0.1, 0.15) is 16.7 Å². The van der Waals surface area contributed by atoms with Crippen molar-refractivity contribution in [2.24, 2.45) is 7.05 Å². The minimum Gasteiger partial charge on any atom is -0.355 e. The molecule has 0 spiro atoms. The van der Waals surface area contributed by atoms with Gasteiger partial charge in [0, 0.05) is 20.1 Å². The molecule has 0 aliphatic heterocycles. The molecule has 0 radical (unpaired) electrons. The summed E-state index contributed by atoms with van der Waals surface area (Å²) in [6, 6.07) is 2.15. The smallest absolute Gasteiger partial charge is 0.164 e. The number of hydrogen-bond donors (Lipinski definition) is 0. The van der Waals surface area contributed by atoms with Crippen LogP contribution in [-0.4, -0.2) is 32.8 Å². The number of halogens is 1.